The minimum atomic E-state index is 0.304. The first-order valence-corrected chi connectivity index (χ1v) is 9.81. The number of hydrogen-bond donors (Lipinski definition) is 1. The van der Waals surface area contributed by atoms with E-state index in [1.54, 1.807) is 6.33 Å². The molecule has 1 aromatic rings. The SMILES string of the molecule is O=C1CCC2(CCCN(C3CCOCC3)C2)CN1CCc1cnc[nH]1. The van der Waals surface area contributed by atoms with Gasteiger partial charge in [0, 0.05) is 69.0 Å². The summed E-state index contributed by atoms with van der Waals surface area (Å²) in [5.41, 5.74) is 1.42. The molecule has 4 rings (SSSR count). The fraction of sp³-hybridized carbons (Fsp3) is 0.789. The van der Waals surface area contributed by atoms with Crippen molar-refractivity contribution < 1.29 is 9.53 Å². The van der Waals surface area contributed by atoms with Crippen molar-refractivity contribution in [1.82, 2.24) is 19.8 Å². The number of piperidine rings is 2. The molecule has 6 heteroatoms. The van der Waals surface area contributed by atoms with Gasteiger partial charge in [-0.05, 0) is 38.6 Å². The highest BCUT2D eigenvalue weighted by Crippen LogP contribution is 2.40. The van der Waals surface area contributed by atoms with Crippen molar-refractivity contribution in [2.45, 2.75) is 51.0 Å². The van der Waals surface area contributed by atoms with Gasteiger partial charge in [-0.15, -0.1) is 0 Å². The lowest BCUT2D eigenvalue weighted by atomic mass is 9.73. The van der Waals surface area contributed by atoms with Gasteiger partial charge in [-0.2, -0.15) is 0 Å². The molecule has 6 nitrogen and oxygen atoms in total. The molecule has 3 saturated heterocycles. The van der Waals surface area contributed by atoms with Gasteiger partial charge >= 0.3 is 0 Å². The maximum Gasteiger partial charge on any atom is 0.222 e. The Labute approximate surface area is 149 Å². The Bertz CT molecular complexity index is 570. The number of imidazole rings is 1. The van der Waals surface area contributed by atoms with E-state index in [0.717, 1.165) is 51.4 Å². The Hall–Kier alpha value is -1.40. The van der Waals surface area contributed by atoms with Crippen LogP contribution in [0.2, 0.25) is 0 Å². The van der Waals surface area contributed by atoms with Crippen molar-refractivity contribution in [3.05, 3.63) is 18.2 Å². The molecule has 0 radical (unpaired) electrons. The minimum Gasteiger partial charge on any atom is -0.381 e. The molecule has 0 aliphatic carbocycles. The second kappa shape index (κ2) is 7.46. The summed E-state index contributed by atoms with van der Waals surface area (Å²) in [4.78, 5) is 24.5. The van der Waals surface area contributed by atoms with Crippen molar-refractivity contribution in [3.63, 3.8) is 0 Å². The molecule has 3 fully saturated rings. The maximum absolute atomic E-state index is 12.4. The zero-order valence-electron chi connectivity index (χ0n) is 15.1. The largest absolute Gasteiger partial charge is 0.381 e. The first-order chi connectivity index (χ1) is 12.2. The van der Waals surface area contributed by atoms with Gasteiger partial charge < -0.3 is 14.6 Å². The highest BCUT2D eigenvalue weighted by atomic mass is 16.5. The van der Waals surface area contributed by atoms with Crippen molar-refractivity contribution in [2.24, 2.45) is 5.41 Å². The van der Waals surface area contributed by atoms with Crippen molar-refractivity contribution in [3.8, 4) is 0 Å². The average molecular weight is 346 g/mol. The van der Waals surface area contributed by atoms with E-state index in [1.165, 1.54) is 32.2 Å². The summed E-state index contributed by atoms with van der Waals surface area (Å²) in [6.07, 6.45) is 11.1. The second-order valence-corrected chi connectivity index (χ2v) is 8.06. The molecule has 1 amide bonds. The van der Waals surface area contributed by atoms with E-state index < -0.39 is 0 Å². The average Bonchev–Trinajstić information content (AvgIpc) is 3.17. The Morgan fingerprint density at radius 2 is 2.16 bits per heavy atom. The van der Waals surface area contributed by atoms with Crippen LogP contribution in [-0.2, 0) is 16.0 Å². The molecule has 1 N–H and O–H groups in total. The summed E-state index contributed by atoms with van der Waals surface area (Å²) in [5, 5.41) is 0. The van der Waals surface area contributed by atoms with Crippen LogP contribution in [0.3, 0.4) is 0 Å². The lowest BCUT2D eigenvalue weighted by Crippen LogP contribution is -2.56. The summed E-state index contributed by atoms with van der Waals surface area (Å²) in [5.74, 6) is 0.327. The Balaban J connectivity index is 1.38. The molecule has 1 spiro atoms. The molecule has 3 aliphatic heterocycles. The predicted molar refractivity (Wildman–Crippen MR) is 95.2 cm³/mol. The zero-order valence-corrected chi connectivity index (χ0v) is 15.1. The monoisotopic (exact) mass is 346 g/mol. The molecule has 138 valence electrons. The third kappa shape index (κ3) is 3.90. The van der Waals surface area contributed by atoms with E-state index in [2.05, 4.69) is 19.8 Å². The molecular formula is C19H30N4O2. The summed E-state index contributed by atoms with van der Waals surface area (Å²) < 4.78 is 5.54. The van der Waals surface area contributed by atoms with Gasteiger partial charge in [-0.1, -0.05) is 0 Å². The van der Waals surface area contributed by atoms with Crippen LogP contribution in [0.5, 0.6) is 0 Å². The van der Waals surface area contributed by atoms with Gasteiger partial charge in [0.1, 0.15) is 0 Å². The lowest BCUT2D eigenvalue weighted by Gasteiger charge is -2.50. The number of H-pyrrole nitrogens is 1. The molecular weight excluding hydrogens is 316 g/mol. The van der Waals surface area contributed by atoms with E-state index in [-0.39, 0.29) is 0 Å². The van der Waals surface area contributed by atoms with Gasteiger partial charge in [0.15, 0.2) is 0 Å². The third-order valence-electron chi connectivity index (χ3n) is 6.35. The highest BCUT2D eigenvalue weighted by Gasteiger charge is 2.42. The number of carbonyl (C=O) groups excluding carboxylic acids is 1. The predicted octanol–water partition coefficient (Wildman–Crippen LogP) is 1.84. The first-order valence-electron chi connectivity index (χ1n) is 9.81. The van der Waals surface area contributed by atoms with E-state index >= 15 is 0 Å². The number of rotatable bonds is 4. The number of aromatic amines is 1. The van der Waals surface area contributed by atoms with Crippen LogP contribution in [0.4, 0.5) is 0 Å². The standard InChI is InChI=1S/C19H30N4O2/c24-18-2-7-19(14-23(18)9-3-16-12-20-15-21-16)6-1-8-22(13-19)17-4-10-25-11-5-17/h12,15,17H,1-11,13-14H2,(H,20,21). The van der Waals surface area contributed by atoms with E-state index in [4.69, 9.17) is 4.74 Å². The number of carbonyl (C=O) groups is 1. The zero-order chi connectivity index (χ0) is 17.1. The minimum absolute atomic E-state index is 0.304. The summed E-state index contributed by atoms with van der Waals surface area (Å²) in [7, 11) is 0. The fourth-order valence-corrected chi connectivity index (χ4v) is 4.92. The van der Waals surface area contributed by atoms with Crippen molar-refractivity contribution >= 4 is 5.91 Å². The number of ether oxygens (including phenoxy) is 1. The van der Waals surface area contributed by atoms with E-state index in [9.17, 15) is 4.79 Å². The number of likely N-dealkylation sites (tertiary alicyclic amines) is 2. The van der Waals surface area contributed by atoms with Gasteiger partial charge in [0.25, 0.3) is 0 Å². The van der Waals surface area contributed by atoms with Gasteiger partial charge in [-0.25, -0.2) is 4.98 Å². The van der Waals surface area contributed by atoms with Crippen LogP contribution >= 0.6 is 0 Å². The van der Waals surface area contributed by atoms with Crippen LogP contribution in [0, 0.1) is 5.41 Å². The maximum atomic E-state index is 12.4. The smallest absolute Gasteiger partial charge is 0.222 e. The number of aromatic nitrogens is 2. The molecule has 25 heavy (non-hydrogen) atoms. The summed E-state index contributed by atoms with van der Waals surface area (Å²) in [6, 6.07) is 0.682. The molecule has 0 aromatic carbocycles. The second-order valence-electron chi connectivity index (χ2n) is 8.06. The normalized spacial score (nSPS) is 29.4. The van der Waals surface area contributed by atoms with Gasteiger partial charge in [-0.3, -0.25) is 9.69 Å². The number of nitrogens with one attached hydrogen (secondary N) is 1. The van der Waals surface area contributed by atoms with Crippen LogP contribution < -0.4 is 0 Å². The third-order valence-corrected chi connectivity index (χ3v) is 6.35. The molecule has 4 heterocycles. The van der Waals surface area contributed by atoms with Crippen LogP contribution in [-0.4, -0.2) is 71.1 Å². The van der Waals surface area contributed by atoms with Crippen LogP contribution in [0.1, 0.15) is 44.2 Å². The van der Waals surface area contributed by atoms with E-state index in [1.807, 2.05) is 6.20 Å². The molecule has 0 bridgehead atoms. The number of hydrogen-bond acceptors (Lipinski definition) is 4. The molecule has 1 aromatic heterocycles. The van der Waals surface area contributed by atoms with E-state index in [0.29, 0.717) is 23.8 Å². The van der Waals surface area contributed by atoms with Gasteiger partial charge in [0.2, 0.25) is 5.91 Å². The molecule has 0 saturated carbocycles. The van der Waals surface area contributed by atoms with Gasteiger partial charge in [0.05, 0.1) is 6.33 Å². The molecule has 1 unspecified atom stereocenters. The van der Waals surface area contributed by atoms with Crippen LogP contribution in [0.15, 0.2) is 12.5 Å². The lowest BCUT2D eigenvalue weighted by molar-refractivity contribution is -0.140. The Kier molecular flexibility index (Phi) is 5.08. The van der Waals surface area contributed by atoms with Crippen molar-refractivity contribution in [2.75, 3.05) is 39.4 Å². The Morgan fingerprint density at radius 3 is 2.96 bits per heavy atom. The van der Waals surface area contributed by atoms with Crippen LogP contribution in [0.25, 0.3) is 0 Å². The molecule has 3 aliphatic rings. The van der Waals surface area contributed by atoms with Crippen molar-refractivity contribution in [1.29, 1.82) is 0 Å². The first kappa shape index (κ1) is 17.0. The topological polar surface area (TPSA) is 61.5 Å². The number of amides is 1. The molecule has 1 atom stereocenters. The fourth-order valence-electron chi connectivity index (χ4n) is 4.92. The quantitative estimate of drug-likeness (QED) is 0.904. The Morgan fingerprint density at radius 1 is 1.28 bits per heavy atom. The number of nitrogens with zero attached hydrogens (tertiary/aromatic N) is 3. The highest BCUT2D eigenvalue weighted by molar-refractivity contribution is 5.77. The summed E-state index contributed by atoms with van der Waals surface area (Å²) >= 11 is 0. The summed E-state index contributed by atoms with van der Waals surface area (Å²) in [6.45, 7) is 5.92.